The molecule has 1 aromatic heterocycles. The lowest BCUT2D eigenvalue weighted by atomic mass is 10.2. The number of hydrogen-bond donors (Lipinski definition) is 0. The van der Waals surface area contributed by atoms with E-state index in [9.17, 15) is 9.59 Å². The maximum atomic E-state index is 12.2. The minimum absolute atomic E-state index is 0.172. The van der Waals surface area contributed by atoms with Crippen LogP contribution in [0.3, 0.4) is 0 Å². The van der Waals surface area contributed by atoms with Crippen LogP contribution in [0, 0.1) is 0 Å². The first-order valence-corrected chi connectivity index (χ1v) is 8.11. The molecule has 0 radical (unpaired) electrons. The van der Waals surface area contributed by atoms with Crippen LogP contribution in [0.15, 0.2) is 12.1 Å². The molecule has 1 aromatic rings. The second kappa shape index (κ2) is 7.06. The van der Waals surface area contributed by atoms with Gasteiger partial charge in [0.1, 0.15) is 5.60 Å². The summed E-state index contributed by atoms with van der Waals surface area (Å²) in [6.45, 7) is 9.69. The van der Waals surface area contributed by atoms with Gasteiger partial charge in [-0.25, -0.2) is 4.79 Å². The molecule has 6 nitrogen and oxygen atoms in total. The second-order valence-electron chi connectivity index (χ2n) is 6.67. The Labute approximate surface area is 137 Å². The summed E-state index contributed by atoms with van der Waals surface area (Å²) < 4.78 is 12.6. The molecule has 2 heterocycles. The molecule has 1 aliphatic heterocycles. The van der Waals surface area contributed by atoms with Gasteiger partial charge in [0.2, 0.25) is 0 Å². The Hall–Kier alpha value is -1.98. The molecule has 23 heavy (non-hydrogen) atoms. The quantitative estimate of drug-likeness (QED) is 0.800. The van der Waals surface area contributed by atoms with Crippen molar-refractivity contribution in [2.75, 3.05) is 13.2 Å². The summed E-state index contributed by atoms with van der Waals surface area (Å²) in [6.07, 6.45) is 0.760. The Morgan fingerprint density at radius 2 is 1.96 bits per heavy atom. The van der Waals surface area contributed by atoms with Gasteiger partial charge in [0.25, 0.3) is 0 Å². The van der Waals surface area contributed by atoms with Gasteiger partial charge in [0.15, 0.2) is 0 Å². The van der Waals surface area contributed by atoms with Gasteiger partial charge in [-0.15, -0.1) is 0 Å². The van der Waals surface area contributed by atoms with Crippen LogP contribution >= 0.6 is 0 Å². The molecular formula is C17H26N2O4. The average Bonchev–Trinajstić information content (AvgIpc) is 2.86. The molecule has 0 fully saturated rings. The smallest absolute Gasteiger partial charge is 0.410 e. The maximum absolute atomic E-state index is 12.2. The Morgan fingerprint density at radius 1 is 1.22 bits per heavy atom. The molecule has 1 amide bonds. The largest absolute Gasteiger partial charge is 0.466 e. The van der Waals surface area contributed by atoms with Crippen molar-refractivity contribution in [3.05, 3.63) is 23.5 Å². The summed E-state index contributed by atoms with van der Waals surface area (Å²) in [6, 6.07) is 4.03. The third kappa shape index (κ3) is 4.74. The highest BCUT2D eigenvalue weighted by molar-refractivity contribution is 5.69. The minimum Gasteiger partial charge on any atom is -0.466 e. The minimum atomic E-state index is -0.485. The lowest BCUT2D eigenvalue weighted by Gasteiger charge is -2.31. The molecule has 2 rings (SSSR count). The van der Waals surface area contributed by atoms with Crippen LogP contribution in [0.25, 0.3) is 0 Å². The molecule has 0 spiro atoms. The number of carbonyl (C=O) groups excluding carboxylic acids is 2. The van der Waals surface area contributed by atoms with E-state index in [1.807, 2.05) is 39.8 Å². The van der Waals surface area contributed by atoms with Gasteiger partial charge < -0.3 is 18.9 Å². The van der Waals surface area contributed by atoms with Gasteiger partial charge >= 0.3 is 12.1 Å². The Balaban J connectivity index is 1.96. The van der Waals surface area contributed by atoms with Crippen molar-refractivity contribution in [2.24, 2.45) is 0 Å². The highest BCUT2D eigenvalue weighted by atomic mass is 16.6. The summed E-state index contributed by atoms with van der Waals surface area (Å²) in [7, 11) is 0. The molecule has 6 heteroatoms. The zero-order chi connectivity index (χ0) is 17.0. The highest BCUT2D eigenvalue weighted by Crippen LogP contribution is 2.20. The molecule has 0 atom stereocenters. The van der Waals surface area contributed by atoms with E-state index in [4.69, 9.17) is 9.47 Å². The van der Waals surface area contributed by atoms with E-state index in [1.165, 1.54) is 0 Å². The van der Waals surface area contributed by atoms with Crippen molar-refractivity contribution in [3.63, 3.8) is 0 Å². The monoisotopic (exact) mass is 322 g/mol. The predicted molar refractivity (Wildman–Crippen MR) is 86.0 cm³/mol. The summed E-state index contributed by atoms with van der Waals surface area (Å²) in [5, 5.41) is 0. The van der Waals surface area contributed by atoms with Crippen LogP contribution in [0.5, 0.6) is 0 Å². The zero-order valence-electron chi connectivity index (χ0n) is 14.4. The summed E-state index contributed by atoms with van der Waals surface area (Å²) in [5.74, 6) is -0.172. The van der Waals surface area contributed by atoms with E-state index in [2.05, 4.69) is 4.57 Å². The van der Waals surface area contributed by atoms with E-state index in [1.54, 1.807) is 4.90 Å². The van der Waals surface area contributed by atoms with E-state index in [-0.39, 0.29) is 12.1 Å². The third-order valence-corrected chi connectivity index (χ3v) is 3.65. The standard InChI is InChI=1S/C17H26N2O4/c1-5-22-15(20)9-8-13-6-7-14-12-18(10-11-19(13)14)16(21)23-17(2,3)4/h6-7H,5,8-12H2,1-4H3. The van der Waals surface area contributed by atoms with E-state index in [0.717, 1.165) is 17.9 Å². The second-order valence-corrected chi connectivity index (χ2v) is 6.67. The molecule has 0 saturated heterocycles. The van der Waals surface area contributed by atoms with Crippen molar-refractivity contribution in [1.82, 2.24) is 9.47 Å². The maximum Gasteiger partial charge on any atom is 0.410 e. The average molecular weight is 322 g/mol. The van der Waals surface area contributed by atoms with Crippen molar-refractivity contribution in [2.45, 2.75) is 59.2 Å². The number of amides is 1. The van der Waals surface area contributed by atoms with Gasteiger partial charge in [-0.2, -0.15) is 0 Å². The number of carbonyl (C=O) groups is 2. The van der Waals surface area contributed by atoms with Gasteiger partial charge in [-0.1, -0.05) is 0 Å². The highest BCUT2D eigenvalue weighted by Gasteiger charge is 2.26. The van der Waals surface area contributed by atoms with Crippen molar-refractivity contribution in [1.29, 1.82) is 0 Å². The third-order valence-electron chi connectivity index (χ3n) is 3.65. The normalized spacial score (nSPS) is 14.3. The first-order chi connectivity index (χ1) is 10.8. The number of fused-ring (bicyclic) bond motifs is 1. The fourth-order valence-corrected chi connectivity index (χ4v) is 2.64. The van der Waals surface area contributed by atoms with E-state index < -0.39 is 5.60 Å². The molecule has 0 bridgehead atoms. The van der Waals surface area contributed by atoms with Crippen molar-refractivity contribution < 1.29 is 19.1 Å². The zero-order valence-corrected chi connectivity index (χ0v) is 14.4. The Morgan fingerprint density at radius 3 is 2.61 bits per heavy atom. The van der Waals surface area contributed by atoms with E-state index >= 15 is 0 Å². The summed E-state index contributed by atoms with van der Waals surface area (Å²) >= 11 is 0. The number of aryl methyl sites for hydroxylation is 1. The fraction of sp³-hybridized carbons (Fsp3) is 0.647. The molecular weight excluding hydrogens is 296 g/mol. The molecule has 0 saturated carbocycles. The van der Waals surface area contributed by atoms with E-state index in [0.29, 0.717) is 32.5 Å². The predicted octanol–water partition coefficient (Wildman–Crippen LogP) is 2.73. The Kier molecular flexibility index (Phi) is 5.34. The van der Waals surface area contributed by atoms with Crippen LogP contribution in [0.1, 0.15) is 45.5 Å². The molecule has 128 valence electrons. The van der Waals surface area contributed by atoms with Crippen molar-refractivity contribution >= 4 is 12.1 Å². The first-order valence-electron chi connectivity index (χ1n) is 8.11. The SMILES string of the molecule is CCOC(=O)CCc1ccc2n1CCN(C(=O)OC(C)(C)C)C2. The fourth-order valence-electron chi connectivity index (χ4n) is 2.64. The molecule has 0 aliphatic carbocycles. The first kappa shape index (κ1) is 17.4. The number of aromatic nitrogens is 1. The molecule has 0 unspecified atom stereocenters. The van der Waals surface area contributed by atoms with Crippen LogP contribution in [-0.4, -0.2) is 40.3 Å². The van der Waals surface area contributed by atoms with Gasteiger partial charge in [0, 0.05) is 24.5 Å². The number of ether oxygens (including phenoxy) is 2. The molecule has 1 aliphatic rings. The van der Waals surface area contributed by atoms with Gasteiger partial charge in [-0.3, -0.25) is 4.79 Å². The van der Waals surface area contributed by atoms with Gasteiger partial charge in [-0.05, 0) is 46.2 Å². The van der Waals surface area contributed by atoms with Crippen LogP contribution in [0.4, 0.5) is 4.79 Å². The van der Waals surface area contributed by atoms with Crippen LogP contribution in [0.2, 0.25) is 0 Å². The number of hydrogen-bond acceptors (Lipinski definition) is 4. The number of nitrogens with zero attached hydrogens (tertiary/aromatic N) is 2. The topological polar surface area (TPSA) is 60.8 Å². The number of esters is 1. The number of rotatable bonds is 4. The van der Waals surface area contributed by atoms with Gasteiger partial charge in [0.05, 0.1) is 19.6 Å². The Bertz CT molecular complexity index is 572. The van der Waals surface area contributed by atoms with Crippen LogP contribution in [-0.2, 0) is 33.8 Å². The molecule has 0 N–H and O–H groups in total. The lowest BCUT2D eigenvalue weighted by molar-refractivity contribution is -0.143. The van der Waals surface area contributed by atoms with Crippen LogP contribution < -0.4 is 0 Å². The summed E-state index contributed by atoms with van der Waals surface area (Å²) in [5.41, 5.74) is 1.69. The lowest BCUT2D eigenvalue weighted by Crippen LogP contribution is -2.41. The summed E-state index contributed by atoms with van der Waals surface area (Å²) in [4.78, 5) is 25.3. The molecule has 0 aromatic carbocycles. The van der Waals surface area contributed by atoms with Crippen molar-refractivity contribution in [3.8, 4) is 0 Å².